The van der Waals surface area contributed by atoms with Crippen molar-refractivity contribution >= 4 is 5.91 Å². The topological polar surface area (TPSA) is 53.6 Å². The summed E-state index contributed by atoms with van der Waals surface area (Å²) in [5.41, 5.74) is 0. The molecular formula is C14H29N3O2. The summed E-state index contributed by atoms with van der Waals surface area (Å²) in [4.78, 5) is 14.2. The Balaban J connectivity index is 2.37. The maximum absolute atomic E-state index is 12.0. The largest absolute Gasteiger partial charge is 0.383 e. The Kier molecular flexibility index (Phi) is 7.34. The van der Waals surface area contributed by atoms with Crippen LogP contribution in [0.2, 0.25) is 0 Å². The van der Waals surface area contributed by atoms with Crippen molar-refractivity contribution in [2.45, 2.75) is 51.7 Å². The molecule has 0 saturated carbocycles. The van der Waals surface area contributed by atoms with E-state index in [2.05, 4.69) is 29.4 Å². The van der Waals surface area contributed by atoms with E-state index in [0.717, 1.165) is 13.1 Å². The number of amides is 1. The molecule has 0 aromatic carbocycles. The Bertz CT molecular complexity index is 265. The molecule has 1 rings (SSSR count). The SMILES string of the molecule is COCC(C)NC(=O)CN(CC1CCCN1)C(C)C. The van der Waals surface area contributed by atoms with Gasteiger partial charge in [-0.25, -0.2) is 0 Å². The van der Waals surface area contributed by atoms with Crippen molar-refractivity contribution in [1.29, 1.82) is 0 Å². The lowest BCUT2D eigenvalue weighted by Crippen LogP contribution is -2.48. The van der Waals surface area contributed by atoms with E-state index in [-0.39, 0.29) is 11.9 Å². The fraction of sp³-hybridized carbons (Fsp3) is 0.929. The van der Waals surface area contributed by atoms with E-state index in [1.54, 1.807) is 7.11 Å². The van der Waals surface area contributed by atoms with Crippen LogP contribution in [-0.4, -0.2) is 62.3 Å². The molecule has 0 bridgehead atoms. The monoisotopic (exact) mass is 271 g/mol. The zero-order valence-corrected chi connectivity index (χ0v) is 12.7. The predicted molar refractivity (Wildman–Crippen MR) is 77.2 cm³/mol. The zero-order chi connectivity index (χ0) is 14.3. The number of carbonyl (C=O) groups is 1. The summed E-state index contributed by atoms with van der Waals surface area (Å²) >= 11 is 0. The lowest BCUT2D eigenvalue weighted by atomic mass is 10.2. The van der Waals surface area contributed by atoms with Crippen LogP contribution in [0.5, 0.6) is 0 Å². The minimum Gasteiger partial charge on any atom is -0.383 e. The van der Waals surface area contributed by atoms with Crippen LogP contribution in [0.3, 0.4) is 0 Å². The number of methoxy groups -OCH3 is 1. The predicted octanol–water partition coefficient (Wildman–Crippen LogP) is 0.600. The van der Waals surface area contributed by atoms with Crippen molar-refractivity contribution in [2.75, 3.05) is 33.4 Å². The average molecular weight is 271 g/mol. The fourth-order valence-corrected chi connectivity index (χ4v) is 2.45. The van der Waals surface area contributed by atoms with E-state index in [0.29, 0.717) is 25.2 Å². The van der Waals surface area contributed by atoms with Crippen LogP contribution in [0.15, 0.2) is 0 Å². The third kappa shape index (κ3) is 6.36. The number of rotatable bonds is 8. The summed E-state index contributed by atoms with van der Waals surface area (Å²) < 4.78 is 5.03. The highest BCUT2D eigenvalue weighted by atomic mass is 16.5. The molecule has 0 aliphatic carbocycles. The highest BCUT2D eigenvalue weighted by molar-refractivity contribution is 5.78. The second-order valence-corrected chi connectivity index (χ2v) is 5.74. The summed E-state index contributed by atoms with van der Waals surface area (Å²) in [6, 6.07) is 0.980. The molecule has 1 saturated heterocycles. The summed E-state index contributed by atoms with van der Waals surface area (Å²) in [5.74, 6) is 0.0799. The van der Waals surface area contributed by atoms with Gasteiger partial charge in [0.15, 0.2) is 0 Å². The zero-order valence-electron chi connectivity index (χ0n) is 12.7. The van der Waals surface area contributed by atoms with Crippen LogP contribution in [-0.2, 0) is 9.53 Å². The molecule has 0 radical (unpaired) electrons. The van der Waals surface area contributed by atoms with Crippen molar-refractivity contribution in [3.8, 4) is 0 Å². The number of nitrogens with zero attached hydrogens (tertiary/aromatic N) is 1. The van der Waals surface area contributed by atoms with Gasteiger partial charge >= 0.3 is 0 Å². The summed E-state index contributed by atoms with van der Waals surface area (Å²) in [6.07, 6.45) is 2.46. The van der Waals surface area contributed by atoms with E-state index in [1.807, 2.05) is 6.92 Å². The van der Waals surface area contributed by atoms with E-state index in [4.69, 9.17) is 4.74 Å². The molecule has 1 heterocycles. The van der Waals surface area contributed by atoms with Gasteiger partial charge < -0.3 is 15.4 Å². The van der Waals surface area contributed by atoms with Gasteiger partial charge in [-0.3, -0.25) is 9.69 Å². The van der Waals surface area contributed by atoms with Crippen LogP contribution < -0.4 is 10.6 Å². The molecule has 2 atom stereocenters. The van der Waals surface area contributed by atoms with Gasteiger partial charge in [0.1, 0.15) is 0 Å². The van der Waals surface area contributed by atoms with Crippen molar-refractivity contribution in [3.63, 3.8) is 0 Å². The van der Waals surface area contributed by atoms with Gasteiger partial charge in [-0.05, 0) is 40.2 Å². The van der Waals surface area contributed by atoms with Gasteiger partial charge in [-0.15, -0.1) is 0 Å². The molecule has 1 amide bonds. The first-order chi connectivity index (χ1) is 9.02. The van der Waals surface area contributed by atoms with E-state index in [1.165, 1.54) is 12.8 Å². The molecule has 2 N–H and O–H groups in total. The van der Waals surface area contributed by atoms with Crippen LogP contribution >= 0.6 is 0 Å². The van der Waals surface area contributed by atoms with E-state index < -0.39 is 0 Å². The third-order valence-electron chi connectivity index (χ3n) is 3.52. The molecular weight excluding hydrogens is 242 g/mol. The fourth-order valence-electron chi connectivity index (χ4n) is 2.45. The van der Waals surface area contributed by atoms with E-state index in [9.17, 15) is 4.79 Å². The first-order valence-corrected chi connectivity index (χ1v) is 7.28. The van der Waals surface area contributed by atoms with Crippen LogP contribution in [0.4, 0.5) is 0 Å². The Morgan fingerprint density at radius 1 is 1.47 bits per heavy atom. The molecule has 0 aromatic rings. The van der Waals surface area contributed by atoms with Crippen LogP contribution in [0, 0.1) is 0 Å². The summed E-state index contributed by atoms with van der Waals surface area (Å²) in [6.45, 7) is 9.31. The minimum atomic E-state index is 0.0658. The van der Waals surface area contributed by atoms with Gasteiger partial charge in [0.25, 0.3) is 0 Å². The Morgan fingerprint density at radius 2 is 2.21 bits per heavy atom. The molecule has 1 fully saturated rings. The van der Waals surface area contributed by atoms with Gasteiger partial charge in [0, 0.05) is 31.8 Å². The molecule has 1 aliphatic rings. The van der Waals surface area contributed by atoms with E-state index >= 15 is 0 Å². The number of nitrogens with one attached hydrogen (secondary N) is 2. The molecule has 0 aromatic heterocycles. The normalized spacial score (nSPS) is 21.1. The van der Waals surface area contributed by atoms with Crippen molar-refractivity contribution in [2.24, 2.45) is 0 Å². The standard InChI is InChI=1S/C14H29N3O2/c1-11(2)17(8-13-6-5-7-15-13)9-14(18)16-12(3)10-19-4/h11-13,15H,5-10H2,1-4H3,(H,16,18). The molecule has 1 aliphatic heterocycles. The Hall–Kier alpha value is -0.650. The molecule has 19 heavy (non-hydrogen) atoms. The van der Waals surface area contributed by atoms with Crippen LogP contribution in [0.1, 0.15) is 33.6 Å². The van der Waals surface area contributed by atoms with Gasteiger partial charge in [0.2, 0.25) is 5.91 Å². The summed E-state index contributed by atoms with van der Waals surface area (Å²) in [7, 11) is 1.65. The van der Waals surface area contributed by atoms with Crippen molar-refractivity contribution in [1.82, 2.24) is 15.5 Å². The number of ether oxygens (including phenoxy) is 1. The minimum absolute atomic E-state index is 0.0658. The van der Waals surface area contributed by atoms with Gasteiger partial charge in [-0.1, -0.05) is 0 Å². The smallest absolute Gasteiger partial charge is 0.234 e. The van der Waals surface area contributed by atoms with Gasteiger partial charge in [0.05, 0.1) is 13.2 Å². The number of carbonyl (C=O) groups excluding carboxylic acids is 1. The molecule has 5 heteroatoms. The van der Waals surface area contributed by atoms with Gasteiger partial charge in [-0.2, -0.15) is 0 Å². The number of hydrogen-bond donors (Lipinski definition) is 2. The second-order valence-electron chi connectivity index (χ2n) is 5.74. The van der Waals surface area contributed by atoms with Crippen LogP contribution in [0.25, 0.3) is 0 Å². The highest BCUT2D eigenvalue weighted by Crippen LogP contribution is 2.09. The Labute approximate surface area is 117 Å². The summed E-state index contributed by atoms with van der Waals surface area (Å²) in [5, 5.41) is 6.45. The molecule has 112 valence electrons. The average Bonchev–Trinajstić information content (AvgIpc) is 2.80. The van der Waals surface area contributed by atoms with Crippen molar-refractivity contribution in [3.05, 3.63) is 0 Å². The quantitative estimate of drug-likeness (QED) is 0.679. The Morgan fingerprint density at radius 3 is 2.74 bits per heavy atom. The second kappa shape index (κ2) is 8.51. The first-order valence-electron chi connectivity index (χ1n) is 7.28. The lowest BCUT2D eigenvalue weighted by molar-refractivity contribution is -0.123. The number of hydrogen-bond acceptors (Lipinski definition) is 4. The molecule has 5 nitrogen and oxygen atoms in total. The third-order valence-corrected chi connectivity index (χ3v) is 3.52. The van der Waals surface area contributed by atoms with Crippen molar-refractivity contribution < 1.29 is 9.53 Å². The highest BCUT2D eigenvalue weighted by Gasteiger charge is 2.21. The maximum atomic E-state index is 12.0. The maximum Gasteiger partial charge on any atom is 0.234 e. The lowest BCUT2D eigenvalue weighted by Gasteiger charge is -2.29. The molecule has 0 spiro atoms. The first kappa shape index (κ1) is 16.4. The molecule has 2 unspecified atom stereocenters.